The molecule has 2 amide bonds. The number of hydrogen-bond acceptors (Lipinski definition) is 6. The number of carbonyl (C=O) groups excluding carboxylic acids is 2. The molecule has 8 nitrogen and oxygen atoms in total. The van der Waals surface area contributed by atoms with Crippen LogP contribution in [0.3, 0.4) is 0 Å². The van der Waals surface area contributed by atoms with Gasteiger partial charge >= 0.3 is 6.09 Å². The summed E-state index contributed by atoms with van der Waals surface area (Å²) in [5.74, 6) is -0.308. The maximum atomic E-state index is 12.7. The largest absolute Gasteiger partial charge is 0.447 e. The van der Waals surface area contributed by atoms with Gasteiger partial charge in [-0.1, -0.05) is 17.7 Å². The van der Waals surface area contributed by atoms with Crippen LogP contribution in [0.5, 0.6) is 0 Å². The molecule has 0 N–H and O–H groups in total. The zero-order valence-corrected chi connectivity index (χ0v) is 14.9. The van der Waals surface area contributed by atoms with E-state index >= 15 is 0 Å². The molecule has 2 saturated heterocycles. The molecule has 0 radical (unpaired) electrons. The lowest BCUT2D eigenvalue weighted by molar-refractivity contribution is -0.129. The summed E-state index contributed by atoms with van der Waals surface area (Å²) in [4.78, 5) is 26.7. The molecular weight excluding hydrogens is 346 g/mol. The van der Waals surface area contributed by atoms with Crippen LogP contribution in [0.1, 0.15) is 5.56 Å². The Balaban J connectivity index is 1.57. The van der Waals surface area contributed by atoms with E-state index in [1.165, 1.54) is 4.31 Å². The first kappa shape index (κ1) is 17.8. The van der Waals surface area contributed by atoms with Crippen molar-refractivity contribution in [1.29, 1.82) is 0 Å². The topological polar surface area (TPSA) is 87.2 Å². The number of nitrogens with zero attached hydrogens (tertiary/aromatic N) is 3. The number of imide groups is 1. The van der Waals surface area contributed by atoms with Gasteiger partial charge in [0.05, 0.1) is 18.0 Å². The number of benzene rings is 1. The molecule has 2 aliphatic heterocycles. The van der Waals surface area contributed by atoms with Crippen LogP contribution in [0, 0.1) is 6.92 Å². The summed E-state index contributed by atoms with van der Waals surface area (Å²) >= 11 is 0. The number of hydrogen-bond donors (Lipinski definition) is 0. The Hall–Kier alpha value is -1.97. The van der Waals surface area contributed by atoms with Gasteiger partial charge in [0.1, 0.15) is 6.61 Å². The second-order valence-corrected chi connectivity index (χ2v) is 8.09. The number of carbonyl (C=O) groups is 2. The van der Waals surface area contributed by atoms with Crippen molar-refractivity contribution in [2.45, 2.75) is 11.8 Å². The third-order valence-electron chi connectivity index (χ3n) is 4.41. The van der Waals surface area contributed by atoms with Gasteiger partial charge in [-0.15, -0.1) is 0 Å². The molecule has 1 aromatic carbocycles. The summed E-state index contributed by atoms with van der Waals surface area (Å²) in [5, 5.41) is 0. The van der Waals surface area contributed by atoms with E-state index < -0.39 is 16.1 Å². The van der Waals surface area contributed by atoms with Crippen LogP contribution >= 0.6 is 0 Å². The molecule has 1 aromatic rings. The van der Waals surface area contributed by atoms with Crippen LogP contribution < -0.4 is 0 Å². The highest BCUT2D eigenvalue weighted by atomic mass is 32.2. The molecule has 9 heteroatoms. The highest BCUT2D eigenvalue weighted by Gasteiger charge is 2.32. The van der Waals surface area contributed by atoms with Gasteiger partial charge in [0.2, 0.25) is 15.9 Å². The predicted octanol–water partition coefficient (Wildman–Crippen LogP) is 0.280. The second kappa shape index (κ2) is 7.11. The fraction of sp³-hybridized carbons (Fsp3) is 0.500. The van der Waals surface area contributed by atoms with Gasteiger partial charge in [0.15, 0.2) is 0 Å². The number of cyclic esters (lactones) is 1. The molecule has 0 atom stereocenters. The van der Waals surface area contributed by atoms with Crippen molar-refractivity contribution >= 4 is 22.0 Å². The summed E-state index contributed by atoms with van der Waals surface area (Å²) in [5.41, 5.74) is 1.00. The lowest BCUT2D eigenvalue weighted by Crippen LogP contribution is -2.51. The predicted molar refractivity (Wildman–Crippen MR) is 89.4 cm³/mol. The Morgan fingerprint density at radius 2 is 1.72 bits per heavy atom. The average molecular weight is 367 g/mol. The van der Waals surface area contributed by atoms with E-state index in [1.54, 1.807) is 24.3 Å². The van der Waals surface area contributed by atoms with E-state index in [2.05, 4.69) is 0 Å². The van der Waals surface area contributed by atoms with Crippen LogP contribution in [-0.4, -0.2) is 80.4 Å². The number of aryl methyl sites for hydroxylation is 1. The lowest BCUT2D eigenvalue weighted by atomic mass is 10.2. The van der Waals surface area contributed by atoms with E-state index in [0.29, 0.717) is 26.2 Å². The molecule has 2 aliphatic rings. The average Bonchev–Trinajstić information content (AvgIpc) is 3.02. The summed E-state index contributed by atoms with van der Waals surface area (Å²) in [6.07, 6.45) is -0.606. The summed E-state index contributed by atoms with van der Waals surface area (Å²) in [6.45, 7) is 4.02. The van der Waals surface area contributed by atoms with Gasteiger partial charge in [-0.3, -0.25) is 9.69 Å². The molecule has 0 aliphatic carbocycles. The fourth-order valence-electron chi connectivity index (χ4n) is 2.88. The first-order valence-corrected chi connectivity index (χ1v) is 9.58. The Morgan fingerprint density at radius 1 is 1.08 bits per heavy atom. The van der Waals surface area contributed by atoms with Gasteiger partial charge in [0.25, 0.3) is 0 Å². The van der Waals surface area contributed by atoms with E-state index in [0.717, 1.165) is 10.5 Å². The standard InChI is InChI=1S/C16H21N3O5S/c1-13-2-4-14(5-3-13)25(22,23)18-8-6-17(7-9-18)12-15(20)19-10-11-24-16(19)21/h2-5H,6-12H2,1H3. The smallest absolute Gasteiger partial charge is 0.416 e. The first-order valence-electron chi connectivity index (χ1n) is 8.14. The molecule has 0 saturated carbocycles. The summed E-state index contributed by atoms with van der Waals surface area (Å²) < 4.78 is 31.5. The van der Waals surface area contributed by atoms with E-state index in [-0.39, 0.29) is 30.5 Å². The molecule has 136 valence electrons. The highest BCUT2D eigenvalue weighted by Crippen LogP contribution is 2.18. The zero-order valence-electron chi connectivity index (χ0n) is 14.1. The monoisotopic (exact) mass is 367 g/mol. The van der Waals surface area contributed by atoms with Gasteiger partial charge < -0.3 is 4.74 Å². The van der Waals surface area contributed by atoms with Crippen molar-refractivity contribution in [3.05, 3.63) is 29.8 Å². The molecule has 0 aromatic heterocycles. The molecule has 2 heterocycles. The quantitative estimate of drug-likeness (QED) is 0.760. The fourth-order valence-corrected chi connectivity index (χ4v) is 4.31. The molecule has 0 unspecified atom stereocenters. The molecule has 3 rings (SSSR count). The minimum atomic E-state index is -3.52. The van der Waals surface area contributed by atoms with Crippen molar-refractivity contribution in [2.75, 3.05) is 45.9 Å². The Labute approximate surface area is 147 Å². The minimum absolute atomic E-state index is 0.0908. The van der Waals surface area contributed by atoms with E-state index in [9.17, 15) is 18.0 Å². The van der Waals surface area contributed by atoms with Gasteiger partial charge in [0, 0.05) is 26.2 Å². The number of sulfonamides is 1. The number of amides is 2. The van der Waals surface area contributed by atoms with Crippen molar-refractivity contribution in [2.24, 2.45) is 0 Å². The number of rotatable bonds is 4. The normalized spacial score (nSPS) is 19.9. The van der Waals surface area contributed by atoms with Crippen LogP contribution in [-0.2, 0) is 19.6 Å². The molecular formula is C16H21N3O5S. The minimum Gasteiger partial charge on any atom is -0.447 e. The number of piperazine rings is 1. The van der Waals surface area contributed by atoms with Crippen molar-refractivity contribution in [3.63, 3.8) is 0 Å². The Kier molecular flexibility index (Phi) is 5.07. The van der Waals surface area contributed by atoms with Crippen LogP contribution in [0.15, 0.2) is 29.2 Å². The Bertz CT molecular complexity index is 754. The van der Waals surface area contributed by atoms with Gasteiger partial charge in [-0.2, -0.15) is 4.31 Å². The first-order chi connectivity index (χ1) is 11.9. The third kappa shape index (κ3) is 3.83. The third-order valence-corrected chi connectivity index (χ3v) is 6.32. The molecule has 0 spiro atoms. The van der Waals surface area contributed by atoms with E-state index in [4.69, 9.17) is 4.74 Å². The maximum absolute atomic E-state index is 12.7. The second-order valence-electron chi connectivity index (χ2n) is 6.15. The SMILES string of the molecule is Cc1ccc(S(=O)(=O)N2CCN(CC(=O)N3CCOC3=O)CC2)cc1. The maximum Gasteiger partial charge on any atom is 0.416 e. The van der Waals surface area contributed by atoms with Crippen LogP contribution in [0.25, 0.3) is 0 Å². The van der Waals surface area contributed by atoms with Crippen molar-refractivity contribution < 1.29 is 22.7 Å². The van der Waals surface area contributed by atoms with Gasteiger partial charge in [-0.05, 0) is 19.1 Å². The molecule has 0 bridgehead atoms. The zero-order chi connectivity index (χ0) is 18.0. The van der Waals surface area contributed by atoms with Crippen molar-refractivity contribution in [1.82, 2.24) is 14.1 Å². The Morgan fingerprint density at radius 3 is 2.28 bits per heavy atom. The molecule has 2 fully saturated rings. The number of ether oxygens (including phenoxy) is 1. The van der Waals surface area contributed by atoms with Crippen LogP contribution in [0.4, 0.5) is 4.79 Å². The summed E-state index contributed by atoms with van der Waals surface area (Å²) in [7, 11) is -3.52. The van der Waals surface area contributed by atoms with Gasteiger partial charge in [-0.25, -0.2) is 18.1 Å². The van der Waals surface area contributed by atoms with Crippen LogP contribution in [0.2, 0.25) is 0 Å². The summed E-state index contributed by atoms with van der Waals surface area (Å²) in [6, 6.07) is 6.77. The van der Waals surface area contributed by atoms with Crippen molar-refractivity contribution in [3.8, 4) is 0 Å². The van der Waals surface area contributed by atoms with E-state index in [1.807, 2.05) is 11.8 Å². The molecule has 25 heavy (non-hydrogen) atoms. The highest BCUT2D eigenvalue weighted by molar-refractivity contribution is 7.89. The lowest BCUT2D eigenvalue weighted by Gasteiger charge is -2.33.